The summed E-state index contributed by atoms with van der Waals surface area (Å²) in [4.78, 5) is 29.6. The summed E-state index contributed by atoms with van der Waals surface area (Å²) >= 11 is 0. The Morgan fingerprint density at radius 3 is 2.39 bits per heavy atom. The lowest BCUT2D eigenvalue weighted by molar-refractivity contribution is 0.0654. The largest absolute Gasteiger partial charge is 0.280 e. The average molecular weight is 443 g/mol. The molecular formula is C21H15F2N3O4S. The van der Waals surface area contributed by atoms with E-state index in [1.54, 1.807) is 12.1 Å². The highest BCUT2D eigenvalue weighted by atomic mass is 32.2. The van der Waals surface area contributed by atoms with Crippen molar-refractivity contribution in [2.45, 2.75) is 11.3 Å². The van der Waals surface area contributed by atoms with Crippen molar-refractivity contribution >= 4 is 27.5 Å². The summed E-state index contributed by atoms with van der Waals surface area (Å²) in [5.74, 6) is -2.74. The molecule has 0 spiro atoms. The highest BCUT2D eigenvalue weighted by molar-refractivity contribution is 7.92. The van der Waals surface area contributed by atoms with Crippen molar-refractivity contribution in [1.29, 1.82) is 0 Å². The van der Waals surface area contributed by atoms with E-state index in [9.17, 15) is 26.8 Å². The summed E-state index contributed by atoms with van der Waals surface area (Å²) in [5, 5.41) is 0. The summed E-state index contributed by atoms with van der Waals surface area (Å²) in [6.07, 6.45) is 1.75. The first-order valence-corrected chi connectivity index (χ1v) is 10.6. The molecule has 0 saturated heterocycles. The molecule has 1 aliphatic rings. The second-order valence-corrected chi connectivity index (χ2v) is 8.47. The maximum Gasteiger partial charge on any atom is 0.280 e. The monoisotopic (exact) mass is 443 g/mol. The first-order chi connectivity index (χ1) is 14.8. The normalized spacial score (nSPS) is 13.4. The molecule has 1 N–H and O–H groups in total. The third-order valence-corrected chi connectivity index (χ3v) is 6.15. The topological polar surface area (TPSA) is 96.4 Å². The zero-order valence-corrected chi connectivity index (χ0v) is 16.7. The van der Waals surface area contributed by atoms with Crippen LogP contribution in [-0.2, 0) is 16.4 Å². The van der Waals surface area contributed by atoms with Crippen molar-refractivity contribution < 1.29 is 26.8 Å². The Morgan fingerprint density at radius 2 is 1.71 bits per heavy atom. The molecule has 2 amide bonds. The number of halogens is 2. The van der Waals surface area contributed by atoms with Crippen LogP contribution in [0, 0.1) is 11.6 Å². The van der Waals surface area contributed by atoms with Gasteiger partial charge in [0, 0.05) is 18.8 Å². The number of amides is 2. The Labute approximate surface area is 176 Å². The maximum atomic E-state index is 13.7. The van der Waals surface area contributed by atoms with Gasteiger partial charge in [-0.3, -0.25) is 24.2 Å². The third kappa shape index (κ3) is 4.02. The number of pyridine rings is 1. The van der Waals surface area contributed by atoms with Crippen LogP contribution in [0.15, 0.2) is 65.7 Å². The van der Waals surface area contributed by atoms with Crippen molar-refractivity contribution in [3.8, 4) is 0 Å². The van der Waals surface area contributed by atoms with Gasteiger partial charge < -0.3 is 0 Å². The standard InChI is InChI=1S/C21H15F2N3O4S/c22-14-5-8-18(17(23)12-14)25-31(29,30)15-6-3-13(4-7-15)9-11-26-20(27)16-2-1-10-24-19(16)21(26)28/h1-8,10,12,25H,9,11H2. The summed E-state index contributed by atoms with van der Waals surface area (Å²) in [7, 11) is -4.09. The first-order valence-electron chi connectivity index (χ1n) is 9.14. The number of carbonyl (C=O) groups is 2. The van der Waals surface area contributed by atoms with Crippen LogP contribution in [0.1, 0.15) is 26.4 Å². The molecule has 0 aliphatic carbocycles. The van der Waals surface area contributed by atoms with Crippen molar-refractivity contribution in [2.24, 2.45) is 0 Å². The number of fused-ring (bicyclic) bond motifs is 1. The Kier molecular flexibility index (Phi) is 5.24. The number of nitrogens with zero attached hydrogens (tertiary/aromatic N) is 2. The molecule has 0 bridgehead atoms. The molecule has 0 atom stereocenters. The SMILES string of the molecule is O=C1c2cccnc2C(=O)N1CCc1ccc(S(=O)(=O)Nc2ccc(F)cc2F)cc1. The van der Waals surface area contributed by atoms with Crippen LogP contribution in [-0.4, -0.2) is 36.7 Å². The van der Waals surface area contributed by atoms with Crippen LogP contribution in [0.5, 0.6) is 0 Å². The van der Waals surface area contributed by atoms with Crippen LogP contribution in [0.3, 0.4) is 0 Å². The van der Waals surface area contributed by atoms with E-state index in [2.05, 4.69) is 9.71 Å². The predicted octanol–water partition coefficient (Wildman–Crippen LogP) is 3.00. The van der Waals surface area contributed by atoms with Crippen molar-refractivity contribution in [2.75, 3.05) is 11.3 Å². The number of carbonyl (C=O) groups excluding carboxylic acids is 2. The molecular weight excluding hydrogens is 428 g/mol. The van der Waals surface area contributed by atoms with E-state index in [4.69, 9.17) is 0 Å². The van der Waals surface area contributed by atoms with Crippen LogP contribution in [0.25, 0.3) is 0 Å². The van der Waals surface area contributed by atoms with Crippen LogP contribution in [0.2, 0.25) is 0 Å². The van der Waals surface area contributed by atoms with Gasteiger partial charge in [0.2, 0.25) is 0 Å². The second-order valence-electron chi connectivity index (χ2n) is 6.79. The fourth-order valence-corrected chi connectivity index (χ4v) is 4.24. The van der Waals surface area contributed by atoms with Crippen LogP contribution >= 0.6 is 0 Å². The van der Waals surface area contributed by atoms with E-state index < -0.39 is 33.5 Å². The van der Waals surface area contributed by atoms with Crippen LogP contribution in [0.4, 0.5) is 14.5 Å². The van der Waals surface area contributed by atoms with E-state index in [1.807, 2.05) is 0 Å². The van der Waals surface area contributed by atoms with Gasteiger partial charge in [-0.15, -0.1) is 0 Å². The van der Waals surface area contributed by atoms with Crippen molar-refractivity contribution in [3.63, 3.8) is 0 Å². The molecule has 7 nitrogen and oxygen atoms in total. The number of anilines is 1. The molecule has 0 fully saturated rings. The first kappa shape index (κ1) is 20.6. The Morgan fingerprint density at radius 1 is 0.968 bits per heavy atom. The van der Waals surface area contributed by atoms with Gasteiger partial charge in [-0.25, -0.2) is 17.2 Å². The molecule has 0 radical (unpaired) electrons. The zero-order chi connectivity index (χ0) is 22.2. The maximum absolute atomic E-state index is 13.7. The number of imide groups is 1. The van der Waals surface area contributed by atoms with E-state index in [0.29, 0.717) is 18.1 Å². The Bertz CT molecular complexity index is 1260. The number of sulfonamides is 1. The zero-order valence-electron chi connectivity index (χ0n) is 15.9. The molecule has 31 heavy (non-hydrogen) atoms. The third-order valence-electron chi connectivity index (χ3n) is 4.76. The lowest BCUT2D eigenvalue weighted by Gasteiger charge is -2.14. The summed E-state index contributed by atoms with van der Waals surface area (Å²) in [6, 6.07) is 11.4. The Hall–Kier alpha value is -3.66. The quantitative estimate of drug-likeness (QED) is 0.591. The molecule has 2 aromatic carbocycles. The summed E-state index contributed by atoms with van der Waals surface area (Å²) < 4.78 is 53.7. The smallest absolute Gasteiger partial charge is 0.277 e. The lowest BCUT2D eigenvalue weighted by atomic mass is 10.1. The number of aromatic nitrogens is 1. The number of hydrogen-bond donors (Lipinski definition) is 1. The number of rotatable bonds is 6. The van der Waals surface area contributed by atoms with Gasteiger partial charge >= 0.3 is 0 Å². The minimum Gasteiger partial charge on any atom is -0.277 e. The minimum absolute atomic E-state index is 0.110. The molecule has 0 saturated carbocycles. The van der Waals surface area contributed by atoms with Crippen LogP contribution < -0.4 is 4.72 Å². The average Bonchev–Trinajstić information content (AvgIpc) is 2.99. The van der Waals surface area contributed by atoms with Gasteiger partial charge in [0.05, 0.1) is 16.1 Å². The molecule has 0 unspecified atom stereocenters. The van der Waals surface area contributed by atoms with Gasteiger partial charge in [0.25, 0.3) is 21.8 Å². The predicted molar refractivity (Wildman–Crippen MR) is 107 cm³/mol. The van der Waals surface area contributed by atoms with Gasteiger partial charge in [0.15, 0.2) is 0 Å². The molecule has 2 heterocycles. The highest BCUT2D eigenvalue weighted by Crippen LogP contribution is 2.22. The van der Waals surface area contributed by atoms with Gasteiger partial charge in [-0.2, -0.15) is 0 Å². The van der Waals surface area contributed by atoms with Gasteiger partial charge in [-0.1, -0.05) is 12.1 Å². The molecule has 1 aromatic heterocycles. The van der Waals surface area contributed by atoms with E-state index in [0.717, 1.165) is 17.0 Å². The molecule has 4 rings (SSSR count). The van der Waals surface area contributed by atoms with E-state index in [1.165, 1.54) is 30.5 Å². The molecule has 10 heteroatoms. The van der Waals surface area contributed by atoms with Gasteiger partial charge in [-0.05, 0) is 48.4 Å². The fraction of sp³-hybridized carbons (Fsp3) is 0.0952. The second kappa shape index (κ2) is 7.88. The van der Waals surface area contributed by atoms with E-state index >= 15 is 0 Å². The minimum atomic E-state index is -4.09. The number of nitrogens with one attached hydrogen (secondary N) is 1. The van der Waals surface area contributed by atoms with Gasteiger partial charge in [0.1, 0.15) is 17.3 Å². The molecule has 1 aliphatic heterocycles. The highest BCUT2D eigenvalue weighted by Gasteiger charge is 2.36. The number of benzene rings is 2. The summed E-state index contributed by atoms with van der Waals surface area (Å²) in [6.45, 7) is 0.110. The Balaban J connectivity index is 1.44. The lowest BCUT2D eigenvalue weighted by Crippen LogP contribution is -2.31. The van der Waals surface area contributed by atoms with Crippen molar-refractivity contribution in [3.05, 3.63) is 89.2 Å². The van der Waals surface area contributed by atoms with Crippen molar-refractivity contribution in [1.82, 2.24) is 9.88 Å². The number of hydrogen-bond acceptors (Lipinski definition) is 5. The van der Waals surface area contributed by atoms with E-state index in [-0.39, 0.29) is 28.4 Å². The summed E-state index contributed by atoms with van der Waals surface area (Å²) in [5.41, 5.74) is 0.697. The molecule has 3 aromatic rings. The fourth-order valence-electron chi connectivity index (χ4n) is 3.17. The molecule has 158 valence electrons.